The smallest absolute Gasteiger partial charge is 0.0991 e. The predicted molar refractivity (Wildman–Crippen MR) is 70.8 cm³/mol. The molecule has 1 unspecified atom stereocenters. The van der Waals surface area contributed by atoms with Crippen molar-refractivity contribution in [2.75, 3.05) is 0 Å². The van der Waals surface area contributed by atoms with Crippen molar-refractivity contribution in [3.8, 4) is 6.07 Å². The molecule has 1 aromatic carbocycles. The second kappa shape index (κ2) is 5.87. The third-order valence-electron chi connectivity index (χ3n) is 4.13. The molecule has 1 nitrogen and oxygen atoms in total. The summed E-state index contributed by atoms with van der Waals surface area (Å²) in [4.78, 5) is 0. The van der Waals surface area contributed by atoms with Gasteiger partial charge in [0.05, 0.1) is 11.6 Å². The molecule has 1 aliphatic carbocycles. The van der Waals surface area contributed by atoms with E-state index in [1.165, 1.54) is 44.1 Å². The van der Waals surface area contributed by atoms with Crippen LogP contribution in [0.4, 0.5) is 0 Å². The predicted octanol–water partition coefficient (Wildman–Crippen LogP) is 4.63. The zero-order valence-corrected chi connectivity index (χ0v) is 10.7. The Balaban J connectivity index is 2.13. The molecular formula is C16H21N. The maximum Gasteiger partial charge on any atom is 0.0991 e. The van der Waals surface area contributed by atoms with Gasteiger partial charge in [0.2, 0.25) is 0 Å². The Labute approximate surface area is 104 Å². The fourth-order valence-electron chi connectivity index (χ4n) is 3.18. The first-order valence-electron chi connectivity index (χ1n) is 6.85. The number of rotatable bonds is 3. The van der Waals surface area contributed by atoms with Crippen LogP contribution in [0.25, 0.3) is 0 Å². The minimum Gasteiger partial charge on any atom is -0.192 e. The van der Waals surface area contributed by atoms with Gasteiger partial charge in [-0.05, 0) is 48.8 Å². The van der Waals surface area contributed by atoms with Crippen molar-refractivity contribution in [1.82, 2.24) is 0 Å². The molecule has 0 aromatic heterocycles. The highest BCUT2D eigenvalue weighted by Crippen LogP contribution is 2.37. The second-order valence-corrected chi connectivity index (χ2v) is 5.15. The summed E-state index contributed by atoms with van der Waals surface area (Å²) in [6.45, 7) is 2.29. The van der Waals surface area contributed by atoms with Gasteiger partial charge in [-0.1, -0.05) is 38.3 Å². The van der Waals surface area contributed by atoms with Gasteiger partial charge in [-0.15, -0.1) is 0 Å². The molecule has 0 aliphatic heterocycles. The summed E-state index contributed by atoms with van der Waals surface area (Å²) in [6, 6.07) is 10.4. The normalized spacial score (nSPS) is 18.6. The maximum absolute atomic E-state index is 8.82. The molecule has 1 aromatic rings. The molecule has 1 fully saturated rings. The highest BCUT2D eigenvalue weighted by Gasteiger charge is 2.23. The lowest BCUT2D eigenvalue weighted by atomic mass is 9.75. The fraction of sp³-hybridized carbons (Fsp3) is 0.562. The quantitative estimate of drug-likeness (QED) is 0.738. The molecule has 1 atom stereocenters. The minimum absolute atomic E-state index is 0.697. The summed E-state index contributed by atoms with van der Waals surface area (Å²) in [5.74, 6) is 1.56. The lowest BCUT2D eigenvalue weighted by molar-refractivity contribution is 0.299. The monoisotopic (exact) mass is 227 g/mol. The van der Waals surface area contributed by atoms with Gasteiger partial charge in [0.1, 0.15) is 0 Å². The first kappa shape index (κ1) is 12.2. The van der Waals surface area contributed by atoms with Crippen LogP contribution < -0.4 is 0 Å². The first-order chi connectivity index (χ1) is 8.35. The highest BCUT2D eigenvalue weighted by atomic mass is 14.3. The average molecular weight is 227 g/mol. The van der Waals surface area contributed by atoms with Crippen LogP contribution in [0.2, 0.25) is 0 Å². The van der Waals surface area contributed by atoms with Crippen molar-refractivity contribution in [3.63, 3.8) is 0 Å². The van der Waals surface area contributed by atoms with Gasteiger partial charge in [0.25, 0.3) is 0 Å². The summed E-state index contributed by atoms with van der Waals surface area (Å²) in [6.07, 6.45) is 8.21. The van der Waals surface area contributed by atoms with Gasteiger partial charge >= 0.3 is 0 Å². The molecule has 0 radical (unpaired) electrons. The van der Waals surface area contributed by atoms with Crippen molar-refractivity contribution < 1.29 is 0 Å². The van der Waals surface area contributed by atoms with Crippen molar-refractivity contribution >= 4 is 0 Å². The van der Waals surface area contributed by atoms with E-state index in [2.05, 4.69) is 25.1 Å². The van der Waals surface area contributed by atoms with Gasteiger partial charge in [-0.3, -0.25) is 0 Å². The van der Waals surface area contributed by atoms with E-state index in [-0.39, 0.29) is 0 Å². The van der Waals surface area contributed by atoms with E-state index < -0.39 is 0 Å². The van der Waals surface area contributed by atoms with E-state index in [4.69, 9.17) is 5.26 Å². The number of nitriles is 1. The first-order valence-corrected chi connectivity index (χ1v) is 6.85. The molecule has 90 valence electrons. The molecule has 0 spiro atoms. The van der Waals surface area contributed by atoms with Gasteiger partial charge in [0.15, 0.2) is 0 Å². The van der Waals surface area contributed by atoms with Crippen LogP contribution in [0.5, 0.6) is 0 Å². The molecule has 17 heavy (non-hydrogen) atoms. The molecule has 0 N–H and O–H groups in total. The molecule has 1 aliphatic rings. The van der Waals surface area contributed by atoms with Crippen LogP contribution in [-0.4, -0.2) is 0 Å². The van der Waals surface area contributed by atoms with Crippen molar-refractivity contribution in [2.45, 2.75) is 51.4 Å². The van der Waals surface area contributed by atoms with Crippen LogP contribution in [0, 0.1) is 17.2 Å². The van der Waals surface area contributed by atoms with Gasteiger partial charge in [0, 0.05) is 0 Å². The SMILES string of the molecule is CCC(c1ccc(C#N)cc1)C1CCCCC1. The zero-order chi connectivity index (χ0) is 12.1. The zero-order valence-electron chi connectivity index (χ0n) is 10.7. The summed E-state index contributed by atoms with van der Waals surface area (Å²) >= 11 is 0. The molecule has 0 amide bonds. The van der Waals surface area contributed by atoms with E-state index in [0.717, 1.165) is 11.5 Å². The van der Waals surface area contributed by atoms with Crippen molar-refractivity contribution in [2.24, 2.45) is 5.92 Å². The van der Waals surface area contributed by atoms with E-state index >= 15 is 0 Å². The molecule has 0 heterocycles. The Kier molecular flexibility index (Phi) is 4.20. The van der Waals surface area contributed by atoms with Crippen molar-refractivity contribution in [3.05, 3.63) is 35.4 Å². The second-order valence-electron chi connectivity index (χ2n) is 5.15. The number of hydrogen-bond donors (Lipinski definition) is 0. The Morgan fingerprint density at radius 2 is 1.82 bits per heavy atom. The van der Waals surface area contributed by atoms with Gasteiger partial charge in [-0.2, -0.15) is 5.26 Å². The number of hydrogen-bond acceptors (Lipinski definition) is 1. The Morgan fingerprint density at radius 1 is 1.18 bits per heavy atom. The van der Waals surface area contributed by atoms with E-state index in [0.29, 0.717) is 5.92 Å². The Bertz CT molecular complexity index is 379. The average Bonchev–Trinajstić information content (AvgIpc) is 2.42. The summed E-state index contributed by atoms with van der Waals surface area (Å²) in [7, 11) is 0. The number of nitrogens with zero attached hydrogens (tertiary/aromatic N) is 1. The topological polar surface area (TPSA) is 23.8 Å². The molecular weight excluding hydrogens is 206 g/mol. The molecule has 1 saturated carbocycles. The largest absolute Gasteiger partial charge is 0.192 e. The van der Waals surface area contributed by atoms with Gasteiger partial charge in [-0.25, -0.2) is 0 Å². The lowest BCUT2D eigenvalue weighted by Gasteiger charge is -2.30. The van der Waals surface area contributed by atoms with Crippen LogP contribution in [0.15, 0.2) is 24.3 Å². The van der Waals surface area contributed by atoms with E-state index in [1.54, 1.807) is 0 Å². The molecule has 0 bridgehead atoms. The van der Waals surface area contributed by atoms with E-state index in [9.17, 15) is 0 Å². The lowest BCUT2D eigenvalue weighted by Crippen LogP contribution is -2.15. The van der Waals surface area contributed by atoms with Crippen molar-refractivity contribution in [1.29, 1.82) is 5.26 Å². The van der Waals surface area contributed by atoms with Crippen LogP contribution >= 0.6 is 0 Å². The molecule has 1 heteroatoms. The Morgan fingerprint density at radius 3 is 2.35 bits per heavy atom. The highest BCUT2D eigenvalue weighted by molar-refractivity contribution is 5.33. The molecule has 2 rings (SSSR count). The summed E-state index contributed by atoms with van der Waals surface area (Å²) < 4.78 is 0. The minimum atomic E-state index is 0.697. The summed E-state index contributed by atoms with van der Waals surface area (Å²) in [5, 5.41) is 8.82. The third-order valence-corrected chi connectivity index (χ3v) is 4.13. The fourth-order valence-corrected chi connectivity index (χ4v) is 3.18. The van der Waals surface area contributed by atoms with Crippen LogP contribution in [0.3, 0.4) is 0 Å². The third kappa shape index (κ3) is 2.88. The standard InChI is InChI=1S/C16H21N/c1-2-16(14-6-4-3-5-7-14)15-10-8-13(12-17)9-11-15/h8-11,14,16H,2-7H2,1H3. The molecule has 0 saturated heterocycles. The van der Waals surface area contributed by atoms with Crippen LogP contribution in [-0.2, 0) is 0 Å². The maximum atomic E-state index is 8.82. The van der Waals surface area contributed by atoms with Gasteiger partial charge < -0.3 is 0 Å². The number of benzene rings is 1. The Hall–Kier alpha value is -1.29. The summed E-state index contributed by atoms with van der Waals surface area (Å²) in [5.41, 5.74) is 2.20. The van der Waals surface area contributed by atoms with E-state index in [1.807, 2.05) is 12.1 Å². The van der Waals surface area contributed by atoms with Crippen LogP contribution in [0.1, 0.15) is 62.5 Å².